The monoisotopic (exact) mass is 344 g/mol. The highest BCUT2D eigenvalue weighted by molar-refractivity contribution is 7.92. The Morgan fingerprint density at radius 1 is 1.33 bits per heavy atom. The van der Waals surface area contributed by atoms with Crippen LogP contribution >= 0.6 is 11.6 Å². The second-order valence-electron chi connectivity index (χ2n) is 4.32. The summed E-state index contributed by atoms with van der Waals surface area (Å²) in [6, 6.07) is 3.62. The van der Waals surface area contributed by atoms with Crippen LogP contribution in [0.4, 0.5) is 24.5 Å². The number of alkyl halides is 3. The number of anilines is 2. The molecular weight excluding hydrogens is 333 g/mol. The van der Waals surface area contributed by atoms with Crippen LogP contribution in [-0.2, 0) is 14.8 Å². The molecule has 1 rings (SSSR count). The molecule has 0 aliphatic carbocycles. The van der Waals surface area contributed by atoms with E-state index in [2.05, 4.69) is 10.0 Å². The largest absolute Gasteiger partial charge is 0.400 e. The Bertz CT molecular complexity index is 647. The van der Waals surface area contributed by atoms with Gasteiger partial charge in [0.25, 0.3) is 0 Å². The Labute approximate surface area is 124 Å². The first-order valence-corrected chi connectivity index (χ1v) is 7.82. The lowest BCUT2D eigenvalue weighted by molar-refractivity contribution is -0.175. The van der Waals surface area contributed by atoms with E-state index >= 15 is 0 Å². The van der Waals surface area contributed by atoms with Gasteiger partial charge in [0, 0.05) is 5.69 Å². The van der Waals surface area contributed by atoms with Gasteiger partial charge in [0.1, 0.15) is 5.92 Å². The van der Waals surface area contributed by atoms with Gasteiger partial charge in [-0.25, -0.2) is 8.42 Å². The molecule has 1 amide bonds. The minimum absolute atomic E-state index is 0.0279. The van der Waals surface area contributed by atoms with Gasteiger partial charge in [0.15, 0.2) is 0 Å². The Morgan fingerprint density at radius 3 is 2.33 bits per heavy atom. The lowest BCUT2D eigenvalue weighted by atomic mass is 10.1. The first kappa shape index (κ1) is 17.6. The number of nitrogens with one attached hydrogen (secondary N) is 2. The topological polar surface area (TPSA) is 75.3 Å². The number of hydrogen-bond acceptors (Lipinski definition) is 3. The van der Waals surface area contributed by atoms with Gasteiger partial charge in [-0.15, -0.1) is 0 Å². The van der Waals surface area contributed by atoms with Crippen molar-refractivity contribution >= 4 is 38.9 Å². The van der Waals surface area contributed by atoms with Gasteiger partial charge in [-0.05, 0) is 25.1 Å². The molecule has 0 radical (unpaired) electrons. The second kappa shape index (κ2) is 6.10. The van der Waals surface area contributed by atoms with E-state index in [-0.39, 0.29) is 16.4 Å². The molecular formula is C11H12ClF3N2O3S. The van der Waals surface area contributed by atoms with Crippen molar-refractivity contribution in [3.05, 3.63) is 23.2 Å². The fourth-order valence-corrected chi connectivity index (χ4v) is 2.14. The summed E-state index contributed by atoms with van der Waals surface area (Å²) in [7, 11) is -3.54. The van der Waals surface area contributed by atoms with Crippen molar-refractivity contribution in [2.24, 2.45) is 5.92 Å². The van der Waals surface area contributed by atoms with E-state index in [0.717, 1.165) is 19.2 Å². The van der Waals surface area contributed by atoms with E-state index in [1.807, 2.05) is 0 Å². The molecule has 1 atom stereocenters. The third kappa shape index (κ3) is 5.43. The van der Waals surface area contributed by atoms with Crippen LogP contribution in [0.25, 0.3) is 0 Å². The molecule has 21 heavy (non-hydrogen) atoms. The number of carbonyl (C=O) groups is 1. The lowest BCUT2D eigenvalue weighted by Gasteiger charge is -2.16. The number of sulfonamides is 1. The molecule has 0 unspecified atom stereocenters. The van der Waals surface area contributed by atoms with Crippen LogP contribution in [0.1, 0.15) is 6.92 Å². The zero-order valence-electron chi connectivity index (χ0n) is 11.0. The SMILES string of the molecule is C[C@@H](C(=O)Nc1ccc(NS(C)(=O)=O)c(Cl)c1)C(F)(F)F. The van der Waals surface area contributed by atoms with E-state index in [9.17, 15) is 26.4 Å². The maximum atomic E-state index is 12.4. The fraction of sp³-hybridized carbons (Fsp3) is 0.364. The second-order valence-corrected chi connectivity index (χ2v) is 6.48. The van der Waals surface area contributed by atoms with Gasteiger partial charge in [-0.1, -0.05) is 11.6 Å². The molecule has 0 spiro atoms. The molecule has 2 N–H and O–H groups in total. The maximum Gasteiger partial charge on any atom is 0.400 e. The number of amides is 1. The predicted octanol–water partition coefficient (Wildman–Crippen LogP) is 2.85. The summed E-state index contributed by atoms with van der Waals surface area (Å²) in [4.78, 5) is 11.4. The quantitative estimate of drug-likeness (QED) is 0.882. The standard InChI is InChI=1S/C11H12ClF3N2O3S/c1-6(11(13,14)15)10(18)16-7-3-4-9(8(12)5-7)17-21(2,19)20/h3-6,17H,1-2H3,(H,16,18)/t6-/m0/s1. The van der Waals surface area contributed by atoms with Crippen LogP contribution in [0.3, 0.4) is 0 Å². The van der Waals surface area contributed by atoms with E-state index in [0.29, 0.717) is 0 Å². The van der Waals surface area contributed by atoms with Gasteiger partial charge >= 0.3 is 6.18 Å². The van der Waals surface area contributed by atoms with Gasteiger partial charge in [0.05, 0.1) is 17.0 Å². The third-order valence-electron chi connectivity index (χ3n) is 2.42. The molecule has 0 saturated carbocycles. The maximum absolute atomic E-state index is 12.4. The molecule has 0 aliphatic rings. The Balaban J connectivity index is 2.88. The van der Waals surface area contributed by atoms with Crippen molar-refractivity contribution in [3.8, 4) is 0 Å². The van der Waals surface area contributed by atoms with Crippen molar-refractivity contribution in [1.29, 1.82) is 0 Å². The zero-order valence-corrected chi connectivity index (χ0v) is 12.5. The molecule has 0 bridgehead atoms. The van der Waals surface area contributed by atoms with E-state index in [1.54, 1.807) is 0 Å². The number of benzene rings is 1. The average Bonchev–Trinajstić information content (AvgIpc) is 2.29. The summed E-state index contributed by atoms with van der Waals surface area (Å²) in [6.07, 6.45) is -3.73. The molecule has 0 fully saturated rings. The highest BCUT2D eigenvalue weighted by Crippen LogP contribution is 2.29. The van der Waals surface area contributed by atoms with Crippen LogP contribution in [-0.4, -0.2) is 26.8 Å². The summed E-state index contributed by atoms with van der Waals surface area (Å²) in [5.74, 6) is -3.41. The molecule has 0 aromatic heterocycles. The smallest absolute Gasteiger partial charge is 0.326 e. The summed E-state index contributed by atoms with van der Waals surface area (Å²) in [6.45, 7) is 0.733. The van der Waals surface area contributed by atoms with Crippen LogP contribution in [0.5, 0.6) is 0 Å². The molecule has 118 valence electrons. The molecule has 1 aromatic carbocycles. The van der Waals surface area contributed by atoms with Crippen molar-refractivity contribution in [3.63, 3.8) is 0 Å². The van der Waals surface area contributed by atoms with Gasteiger partial charge < -0.3 is 5.32 Å². The van der Waals surface area contributed by atoms with E-state index < -0.39 is 28.0 Å². The predicted molar refractivity (Wildman–Crippen MR) is 73.8 cm³/mol. The van der Waals surface area contributed by atoms with E-state index in [4.69, 9.17) is 11.6 Å². The lowest BCUT2D eigenvalue weighted by Crippen LogP contribution is -2.32. The van der Waals surface area contributed by atoms with Crippen LogP contribution < -0.4 is 10.0 Å². The van der Waals surface area contributed by atoms with Crippen LogP contribution in [0.2, 0.25) is 5.02 Å². The van der Waals surface area contributed by atoms with Gasteiger partial charge in [-0.3, -0.25) is 9.52 Å². The number of rotatable bonds is 4. The van der Waals surface area contributed by atoms with Gasteiger partial charge in [0.2, 0.25) is 15.9 Å². The molecule has 0 saturated heterocycles. The summed E-state index contributed by atoms with van der Waals surface area (Å²) in [5, 5.41) is 2.00. The Hall–Kier alpha value is -1.48. The Kier molecular flexibility index (Phi) is 5.11. The average molecular weight is 345 g/mol. The molecule has 0 heterocycles. The van der Waals surface area contributed by atoms with Crippen molar-refractivity contribution in [1.82, 2.24) is 0 Å². The van der Waals surface area contributed by atoms with Crippen LogP contribution in [0.15, 0.2) is 18.2 Å². The van der Waals surface area contributed by atoms with Crippen LogP contribution in [0, 0.1) is 5.92 Å². The van der Waals surface area contributed by atoms with E-state index in [1.165, 1.54) is 12.1 Å². The molecule has 1 aromatic rings. The highest BCUT2D eigenvalue weighted by Gasteiger charge is 2.41. The number of halogens is 4. The minimum Gasteiger partial charge on any atom is -0.326 e. The van der Waals surface area contributed by atoms with Crippen molar-refractivity contribution in [2.45, 2.75) is 13.1 Å². The molecule has 10 heteroatoms. The zero-order chi connectivity index (χ0) is 16.4. The number of hydrogen-bond donors (Lipinski definition) is 2. The first-order valence-electron chi connectivity index (χ1n) is 5.55. The highest BCUT2D eigenvalue weighted by atomic mass is 35.5. The van der Waals surface area contributed by atoms with Crippen molar-refractivity contribution < 1.29 is 26.4 Å². The Morgan fingerprint density at radius 2 is 1.90 bits per heavy atom. The molecule has 0 aliphatic heterocycles. The summed E-state index contributed by atoms with van der Waals surface area (Å²) < 4.78 is 61.3. The fourth-order valence-electron chi connectivity index (χ4n) is 1.27. The first-order chi connectivity index (χ1) is 9.40. The summed E-state index contributed by atoms with van der Waals surface area (Å²) >= 11 is 5.79. The number of carbonyl (C=O) groups excluding carboxylic acids is 1. The molecule has 5 nitrogen and oxygen atoms in total. The summed E-state index contributed by atoms with van der Waals surface area (Å²) in [5.41, 5.74) is 0.0844. The van der Waals surface area contributed by atoms with Gasteiger partial charge in [-0.2, -0.15) is 13.2 Å². The normalized spacial score (nSPS) is 13.6. The van der Waals surface area contributed by atoms with Crippen molar-refractivity contribution in [2.75, 3.05) is 16.3 Å². The minimum atomic E-state index is -4.65. The third-order valence-corrected chi connectivity index (χ3v) is 3.32.